The SMILES string of the molecule is COc1ccc(S(=O)(=O)Nc2ccc3c(c2)CC(=O)N([C@H](C)CO)C[C@@H](C)[C@@H](CN(C)C(=O)Nc2c(C)noc2C)O3)cc1. The lowest BCUT2D eigenvalue weighted by atomic mass is 10.0. The van der Waals surface area contributed by atoms with Crippen LogP contribution in [0.2, 0.25) is 0 Å². The van der Waals surface area contributed by atoms with E-state index in [0.717, 1.165) is 0 Å². The van der Waals surface area contributed by atoms with Crippen molar-refractivity contribution in [2.75, 3.05) is 43.9 Å². The molecule has 1 aliphatic heterocycles. The summed E-state index contributed by atoms with van der Waals surface area (Å²) in [5.74, 6) is 0.899. The first-order valence-corrected chi connectivity index (χ1v) is 15.6. The molecule has 0 saturated carbocycles. The number of amides is 3. The van der Waals surface area contributed by atoms with Crippen LogP contribution in [0.5, 0.6) is 11.5 Å². The van der Waals surface area contributed by atoms with Crippen molar-refractivity contribution in [1.82, 2.24) is 15.0 Å². The highest BCUT2D eigenvalue weighted by Gasteiger charge is 2.32. The Kier molecular flexibility index (Phi) is 10.0. The monoisotopic (exact) mass is 629 g/mol. The van der Waals surface area contributed by atoms with E-state index in [1.807, 2.05) is 6.92 Å². The topological polar surface area (TPSA) is 164 Å². The number of benzene rings is 2. The van der Waals surface area contributed by atoms with Gasteiger partial charge in [-0.05, 0) is 63.2 Å². The van der Waals surface area contributed by atoms with E-state index in [-0.39, 0.29) is 48.5 Å². The van der Waals surface area contributed by atoms with Gasteiger partial charge in [0.15, 0.2) is 5.76 Å². The molecule has 0 fully saturated rings. The van der Waals surface area contributed by atoms with Crippen molar-refractivity contribution in [2.45, 2.75) is 51.2 Å². The molecule has 0 spiro atoms. The van der Waals surface area contributed by atoms with Crippen LogP contribution in [-0.4, -0.2) is 86.4 Å². The van der Waals surface area contributed by atoms with Crippen molar-refractivity contribution >= 4 is 33.3 Å². The molecule has 1 aromatic heterocycles. The van der Waals surface area contributed by atoms with E-state index in [1.54, 1.807) is 63.1 Å². The van der Waals surface area contributed by atoms with E-state index >= 15 is 0 Å². The molecule has 238 valence electrons. The van der Waals surface area contributed by atoms with Gasteiger partial charge in [0.2, 0.25) is 5.91 Å². The minimum absolute atomic E-state index is 0.0453. The second-order valence-electron chi connectivity index (χ2n) is 11.0. The summed E-state index contributed by atoms with van der Waals surface area (Å²) >= 11 is 0. The van der Waals surface area contributed by atoms with E-state index in [1.165, 1.54) is 24.1 Å². The largest absolute Gasteiger partial charge is 0.497 e. The molecule has 1 aliphatic rings. The number of urea groups is 1. The molecule has 0 unspecified atom stereocenters. The van der Waals surface area contributed by atoms with Crippen molar-refractivity contribution in [3.8, 4) is 11.5 Å². The number of rotatable bonds is 9. The van der Waals surface area contributed by atoms with Crippen LogP contribution in [0.4, 0.5) is 16.2 Å². The van der Waals surface area contributed by atoms with Crippen molar-refractivity contribution in [1.29, 1.82) is 0 Å². The molecule has 0 bridgehead atoms. The number of likely N-dealkylation sites (N-methyl/N-ethyl adjacent to an activating group) is 1. The van der Waals surface area contributed by atoms with Crippen LogP contribution < -0.4 is 19.5 Å². The summed E-state index contributed by atoms with van der Waals surface area (Å²) in [5, 5.41) is 16.6. The minimum atomic E-state index is -3.94. The Balaban J connectivity index is 1.62. The molecule has 3 N–H and O–H groups in total. The van der Waals surface area contributed by atoms with E-state index in [4.69, 9.17) is 14.0 Å². The standard InChI is InChI=1S/C30H39N5O8S/c1-18-15-35(19(2)17-36)28(37)14-22-13-23(33-44(39,40)25-10-8-24(41-6)9-11-25)7-12-26(22)42-27(18)16-34(5)30(38)31-29-20(3)32-43-21(29)4/h7-13,18-19,27,33,36H,14-17H2,1-6H3,(H,31,38)/t18-,19-,27-/m1/s1. The molecular formula is C30H39N5O8S. The van der Waals surface area contributed by atoms with E-state index in [9.17, 15) is 23.1 Å². The summed E-state index contributed by atoms with van der Waals surface area (Å²) < 4.78 is 45.5. The lowest BCUT2D eigenvalue weighted by molar-refractivity contribution is -0.134. The summed E-state index contributed by atoms with van der Waals surface area (Å²) in [6, 6.07) is 9.85. The van der Waals surface area contributed by atoms with Gasteiger partial charge in [0.1, 0.15) is 29.0 Å². The van der Waals surface area contributed by atoms with Gasteiger partial charge in [-0.15, -0.1) is 0 Å². The number of carbonyl (C=O) groups excluding carboxylic acids is 2. The molecule has 0 aliphatic carbocycles. The average Bonchev–Trinajstić information content (AvgIpc) is 3.33. The Bertz CT molecular complexity index is 1570. The first kappa shape index (κ1) is 32.6. The highest BCUT2D eigenvalue weighted by atomic mass is 32.2. The number of aromatic nitrogens is 1. The fourth-order valence-corrected chi connectivity index (χ4v) is 5.95. The summed E-state index contributed by atoms with van der Waals surface area (Å²) in [6.07, 6.45) is -0.644. The Labute approximate surface area is 257 Å². The van der Waals surface area contributed by atoms with Crippen LogP contribution in [0.1, 0.15) is 30.9 Å². The molecule has 3 aromatic rings. The van der Waals surface area contributed by atoms with Crippen LogP contribution >= 0.6 is 0 Å². The first-order valence-electron chi connectivity index (χ1n) is 14.1. The predicted octanol–water partition coefficient (Wildman–Crippen LogP) is 3.41. The minimum Gasteiger partial charge on any atom is -0.497 e. The van der Waals surface area contributed by atoms with Crippen molar-refractivity contribution < 1.29 is 37.1 Å². The third kappa shape index (κ3) is 7.42. The van der Waals surface area contributed by atoms with E-state index < -0.39 is 28.2 Å². The summed E-state index contributed by atoms with van der Waals surface area (Å²) in [5.41, 5.74) is 1.75. The molecule has 13 nitrogen and oxygen atoms in total. The van der Waals surface area contributed by atoms with Gasteiger partial charge in [-0.2, -0.15) is 0 Å². The zero-order valence-electron chi connectivity index (χ0n) is 25.7. The molecule has 14 heteroatoms. The quantitative estimate of drug-likeness (QED) is 0.322. The Morgan fingerprint density at radius 2 is 1.93 bits per heavy atom. The zero-order chi connectivity index (χ0) is 32.2. The van der Waals surface area contributed by atoms with Gasteiger partial charge in [-0.25, -0.2) is 13.2 Å². The van der Waals surface area contributed by atoms with Crippen LogP contribution in [0.3, 0.4) is 0 Å². The third-order valence-electron chi connectivity index (χ3n) is 7.60. The normalized spacial score (nSPS) is 17.8. The maximum atomic E-state index is 13.5. The van der Waals surface area contributed by atoms with Crippen LogP contribution in [0.25, 0.3) is 0 Å². The second-order valence-corrected chi connectivity index (χ2v) is 12.7. The summed E-state index contributed by atoms with van der Waals surface area (Å²) in [7, 11) is -0.815. The van der Waals surface area contributed by atoms with E-state index in [2.05, 4.69) is 15.2 Å². The number of aliphatic hydroxyl groups is 1. The summed E-state index contributed by atoms with van der Waals surface area (Å²) in [4.78, 5) is 29.7. The van der Waals surface area contributed by atoms with Crippen LogP contribution in [0, 0.1) is 19.8 Å². The molecular weight excluding hydrogens is 590 g/mol. The average molecular weight is 630 g/mol. The number of nitrogens with zero attached hydrogens (tertiary/aromatic N) is 3. The highest BCUT2D eigenvalue weighted by molar-refractivity contribution is 7.92. The number of ether oxygens (including phenoxy) is 2. The summed E-state index contributed by atoms with van der Waals surface area (Å²) in [6.45, 7) is 7.30. The van der Waals surface area contributed by atoms with Gasteiger partial charge in [0, 0.05) is 30.8 Å². The van der Waals surface area contributed by atoms with Gasteiger partial charge in [0.05, 0.1) is 37.6 Å². The highest BCUT2D eigenvalue weighted by Crippen LogP contribution is 2.30. The van der Waals surface area contributed by atoms with Gasteiger partial charge in [0.25, 0.3) is 10.0 Å². The fraction of sp³-hybridized carbons (Fsp3) is 0.433. The van der Waals surface area contributed by atoms with Gasteiger partial charge in [-0.1, -0.05) is 12.1 Å². The fourth-order valence-electron chi connectivity index (χ4n) is 4.90. The molecule has 0 saturated heterocycles. The van der Waals surface area contributed by atoms with Crippen molar-refractivity contribution in [3.05, 3.63) is 59.5 Å². The van der Waals surface area contributed by atoms with Crippen molar-refractivity contribution in [2.24, 2.45) is 5.92 Å². The number of hydrogen-bond donors (Lipinski definition) is 3. The van der Waals surface area contributed by atoms with Crippen LogP contribution in [0.15, 0.2) is 51.9 Å². The number of carbonyl (C=O) groups is 2. The molecule has 2 heterocycles. The van der Waals surface area contributed by atoms with E-state index in [0.29, 0.717) is 34.2 Å². The number of hydrogen-bond acceptors (Lipinski definition) is 9. The molecule has 3 atom stereocenters. The predicted molar refractivity (Wildman–Crippen MR) is 163 cm³/mol. The van der Waals surface area contributed by atoms with Crippen LogP contribution in [-0.2, 0) is 21.2 Å². The molecule has 3 amide bonds. The number of aryl methyl sites for hydroxylation is 2. The van der Waals surface area contributed by atoms with Gasteiger partial charge < -0.3 is 34.2 Å². The Hall–Kier alpha value is -4.30. The number of methoxy groups -OCH3 is 1. The maximum Gasteiger partial charge on any atom is 0.321 e. The Morgan fingerprint density at radius 3 is 2.55 bits per heavy atom. The molecule has 2 aromatic carbocycles. The maximum absolute atomic E-state index is 13.5. The smallest absolute Gasteiger partial charge is 0.321 e. The molecule has 44 heavy (non-hydrogen) atoms. The number of sulfonamides is 1. The number of fused-ring (bicyclic) bond motifs is 1. The first-order chi connectivity index (χ1) is 20.8. The second kappa shape index (κ2) is 13.6. The lowest BCUT2D eigenvalue weighted by Crippen LogP contribution is -2.48. The van der Waals surface area contributed by atoms with Gasteiger partial charge in [-0.3, -0.25) is 9.52 Å². The number of anilines is 2. The lowest BCUT2D eigenvalue weighted by Gasteiger charge is -2.34. The van der Waals surface area contributed by atoms with Gasteiger partial charge >= 0.3 is 6.03 Å². The number of nitrogens with one attached hydrogen (secondary N) is 2. The zero-order valence-corrected chi connectivity index (χ0v) is 26.5. The number of aliphatic hydroxyl groups excluding tert-OH is 1. The Morgan fingerprint density at radius 1 is 1.23 bits per heavy atom. The third-order valence-corrected chi connectivity index (χ3v) is 9.00. The molecule has 0 radical (unpaired) electrons. The molecule has 4 rings (SSSR count). The van der Waals surface area contributed by atoms with Crippen molar-refractivity contribution in [3.63, 3.8) is 0 Å².